The SMILES string of the molecule is CCCCOC(=O)ON1CCCCC1c1nc(-c2ccc(F)cc2)c[nH]1. The van der Waals surface area contributed by atoms with Crippen molar-refractivity contribution in [2.24, 2.45) is 0 Å². The molecular weight excluding hydrogens is 337 g/mol. The molecule has 1 aliphatic rings. The van der Waals surface area contributed by atoms with Gasteiger partial charge >= 0.3 is 6.16 Å². The number of hydrogen-bond donors (Lipinski definition) is 1. The minimum atomic E-state index is -0.671. The van der Waals surface area contributed by atoms with Gasteiger partial charge in [-0.1, -0.05) is 13.3 Å². The van der Waals surface area contributed by atoms with Gasteiger partial charge < -0.3 is 14.6 Å². The molecule has 0 aliphatic carbocycles. The number of aromatic nitrogens is 2. The summed E-state index contributed by atoms with van der Waals surface area (Å²) in [4.78, 5) is 25.0. The highest BCUT2D eigenvalue weighted by molar-refractivity contribution is 5.59. The normalized spacial score (nSPS) is 17.8. The second-order valence-corrected chi connectivity index (χ2v) is 6.37. The fourth-order valence-electron chi connectivity index (χ4n) is 2.99. The monoisotopic (exact) mass is 361 g/mol. The number of ether oxygens (including phenoxy) is 1. The number of carbonyl (C=O) groups is 1. The third-order valence-corrected chi connectivity index (χ3v) is 4.42. The Bertz CT molecular complexity index is 717. The number of hydroxylamine groups is 2. The van der Waals surface area contributed by atoms with Gasteiger partial charge in [-0.25, -0.2) is 14.2 Å². The van der Waals surface area contributed by atoms with Crippen molar-refractivity contribution in [2.75, 3.05) is 13.2 Å². The van der Waals surface area contributed by atoms with Crippen molar-refractivity contribution in [3.05, 3.63) is 42.1 Å². The summed E-state index contributed by atoms with van der Waals surface area (Å²) in [5.74, 6) is 0.448. The van der Waals surface area contributed by atoms with Crippen molar-refractivity contribution in [3.8, 4) is 11.3 Å². The highest BCUT2D eigenvalue weighted by atomic mass is 19.1. The van der Waals surface area contributed by atoms with Gasteiger partial charge in [0.15, 0.2) is 0 Å². The van der Waals surface area contributed by atoms with Gasteiger partial charge in [0.1, 0.15) is 17.7 Å². The lowest BCUT2D eigenvalue weighted by molar-refractivity contribution is -0.169. The van der Waals surface area contributed by atoms with Crippen molar-refractivity contribution in [1.82, 2.24) is 15.0 Å². The first kappa shape index (κ1) is 18.4. The van der Waals surface area contributed by atoms with E-state index in [-0.39, 0.29) is 11.9 Å². The molecule has 26 heavy (non-hydrogen) atoms. The molecule has 0 saturated carbocycles. The smallest absolute Gasteiger partial charge is 0.433 e. The molecule has 0 amide bonds. The summed E-state index contributed by atoms with van der Waals surface area (Å²) in [6.07, 6.45) is 5.70. The van der Waals surface area contributed by atoms with Gasteiger partial charge in [0, 0.05) is 18.3 Å². The van der Waals surface area contributed by atoms with E-state index in [0.29, 0.717) is 13.2 Å². The van der Waals surface area contributed by atoms with Crippen molar-refractivity contribution < 1.29 is 18.8 Å². The molecule has 1 N–H and O–H groups in total. The Labute approximate surface area is 152 Å². The highest BCUT2D eigenvalue weighted by Gasteiger charge is 2.30. The predicted octanol–water partition coefficient (Wildman–Crippen LogP) is 4.61. The van der Waals surface area contributed by atoms with E-state index in [1.165, 1.54) is 12.1 Å². The number of unbranched alkanes of at least 4 members (excludes halogenated alkanes) is 1. The van der Waals surface area contributed by atoms with Crippen LogP contribution in [0.25, 0.3) is 11.3 Å². The Morgan fingerprint density at radius 2 is 2.15 bits per heavy atom. The van der Waals surface area contributed by atoms with Crippen LogP contribution >= 0.6 is 0 Å². The molecule has 1 aromatic carbocycles. The molecule has 0 radical (unpaired) electrons. The molecular formula is C19H24FN3O3. The zero-order valence-electron chi connectivity index (χ0n) is 14.9. The molecule has 2 heterocycles. The van der Waals surface area contributed by atoms with E-state index in [1.807, 2.05) is 6.92 Å². The summed E-state index contributed by atoms with van der Waals surface area (Å²) >= 11 is 0. The zero-order chi connectivity index (χ0) is 18.4. The summed E-state index contributed by atoms with van der Waals surface area (Å²) in [5, 5.41) is 1.64. The number of halogens is 1. The summed E-state index contributed by atoms with van der Waals surface area (Å²) < 4.78 is 18.2. The molecule has 1 fully saturated rings. The predicted molar refractivity (Wildman–Crippen MR) is 94.6 cm³/mol. The number of hydrogen-bond acceptors (Lipinski definition) is 5. The zero-order valence-corrected chi connectivity index (χ0v) is 14.9. The van der Waals surface area contributed by atoms with Gasteiger partial charge in [-0.3, -0.25) is 0 Å². The third kappa shape index (κ3) is 4.60. The second-order valence-electron chi connectivity index (χ2n) is 6.37. The number of piperidine rings is 1. The van der Waals surface area contributed by atoms with E-state index in [2.05, 4.69) is 9.97 Å². The fraction of sp³-hybridized carbons (Fsp3) is 0.474. The Hall–Kier alpha value is -2.41. The van der Waals surface area contributed by atoms with Crippen LogP contribution < -0.4 is 0 Å². The molecule has 3 rings (SSSR count). The number of benzene rings is 1. The molecule has 1 aliphatic heterocycles. The molecule has 7 heteroatoms. The Morgan fingerprint density at radius 3 is 2.92 bits per heavy atom. The first-order chi connectivity index (χ1) is 12.7. The highest BCUT2D eigenvalue weighted by Crippen LogP contribution is 2.31. The maximum Gasteiger partial charge on any atom is 0.527 e. The first-order valence-corrected chi connectivity index (χ1v) is 9.10. The summed E-state index contributed by atoms with van der Waals surface area (Å²) in [5.41, 5.74) is 1.56. The minimum Gasteiger partial charge on any atom is -0.433 e. The third-order valence-electron chi connectivity index (χ3n) is 4.42. The van der Waals surface area contributed by atoms with Gasteiger partial charge in [0.05, 0.1) is 12.3 Å². The maximum atomic E-state index is 13.1. The lowest BCUT2D eigenvalue weighted by Crippen LogP contribution is -2.36. The fourth-order valence-corrected chi connectivity index (χ4v) is 2.99. The molecule has 1 atom stereocenters. The largest absolute Gasteiger partial charge is 0.527 e. The van der Waals surface area contributed by atoms with Crippen LogP contribution in [0.2, 0.25) is 0 Å². The van der Waals surface area contributed by atoms with Crippen LogP contribution in [0, 0.1) is 5.82 Å². The number of nitrogens with one attached hydrogen (secondary N) is 1. The van der Waals surface area contributed by atoms with E-state index >= 15 is 0 Å². The number of carbonyl (C=O) groups excluding carboxylic acids is 1. The molecule has 1 aromatic heterocycles. The first-order valence-electron chi connectivity index (χ1n) is 9.10. The van der Waals surface area contributed by atoms with Gasteiger partial charge in [0.2, 0.25) is 0 Å². The van der Waals surface area contributed by atoms with Gasteiger partial charge in [-0.05, 0) is 49.9 Å². The quantitative estimate of drug-likeness (QED) is 0.601. The van der Waals surface area contributed by atoms with E-state index in [0.717, 1.165) is 49.2 Å². The number of rotatable bonds is 6. The number of imidazole rings is 1. The van der Waals surface area contributed by atoms with Crippen LogP contribution in [-0.4, -0.2) is 34.3 Å². The van der Waals surface area contributed by atoms with Crippen LogP contribution in [0.15, 0.2) is 30.5 Å². The van der Waals surface area contributed by atoms with Crippen LogP contribution in [0.1, 0.15) is 50.9 Å². The topological polar surface area (TPSA) is 67.5 Å². The molecule has 1 saturated heterocycles. The Morgan fingerprint density at radius 1 is 1.35 bits per heavy atom. The van der Waals surface area contributed by atoms with Crippen molar-refractivity contribution in [3.63, 3.8) is 0 Å². The standard InChI is InChI=1S/C19H24FN3O3/c1-2-3-12-25-19(24)26-23-11-5-4-6-17(23)18-21-13-16(22-18)14-7-9-15(20)10-8-14/h7-10,13,17H,2-6,11-12H2,1H3,(H,21,22). The van der Waals surface area contributed by atoms with E-state index in [1.54, 1.807) is 23.4 Å². The average Bonchev–Trinajstić information content (AvgIpc) is 3.13. The van der Waals surface area contributed by atoms with Crippen LogP contribution in [-0.2, 0) is 9.57 Å². The summed E-state index contributed by atoms with van der Waals surface area (Å²) in [7, 11) is 0. The van der Waals surface area contributed by atoms with E-state index < -0.39 is 6.16 Å². The lowest BCUT2D eigenvalue weighted by atomic mass is 10.0. The average molecular weight is 361 g/mol. The van der Waals surface area contributed by atoms with E-state index in [4.69, 9.17) is 9.57 Å². The van der Waals surface area contributed by atoms with Crippen LogP contribution in [0.5, 0.6) is 0 Å². The molecule has 0 spiro atoms. The van der Waals surface area contributed by atoms with Crippen molar-refractivity contribution >= 4 is 6.16 Å². The van der Waals surface area contributed by atoms with Crippen molar-refractivity contribution in [2.45, 2.75) is 45.1 Å². The molecule has 6 nitrogen and oxygen atoms in total. The molecule has 0 bridgehead atoms. The Kier molecular flexibility index (Phi) is 6.22. The second kappa shape index (κ2) is 8.80. The van der Waals surface area contributed by atoms with Gasteiger partial charge in [-0.15, -0.1) is 5.06 Å². The summed E-state index contributed by atoms with van der Waals surface area (Å²) in [6.45, 7) is 3.04. The number of H-pyrrole nitrogens is 1. The van der Waals surface area contributed by atoms with Gasteiger partial charge in [-0.2, -0.15) is 0 Å². The summed E-state index contributed by atoms with van der Waals surface area (Å²) in [6, 6.07) is 6.06. The minimum absolute atomic E-state index is 0.142. The molecule has 1 unspecified atom stereocenters. The van der Waals surface area contributed by atoms with E-state index in [9.17, 15) is 9.18 Å². The van der Waals surface area contributed by atoms with Crippen LogP contribution in [0.4, 0.5) is 9.18 Å². The maximum absolute atomic E-state index is 13.1. The number of nitrogens with zero attached hydrogens (tertiary/aromatic N) is 2. The number of aromatic amines is 1. The molecule has 140 valence electrons. The van der Waals surface area contributed by atoms with Crippen LogP contribution in [0.3, 0.4) is 0 Å². The van der Waals surface area contributed by atoms with Crippen molar-refractivity contribution in [1.29, 1.82) is 0 Å². The lowest BCUT2D eigenvalue weighted by Gasteiger charge is -2.31. The Balaban J connectivity index is 1.67. The molecule has 2 aromatic rings. The van der Waals surface area contributed by atoms with Gasteiger partial charge in [0.25, 0.3) is 0 Å².